The SMILES string of the molecule is C[N+]1(C)C(=O)N(CC2CCC(NC(=O)c3cc(Cl)ccc3Cl)CC2)c2ccccc21. The van der Waals surface area contributed by atoms with Crippen LogP contribution < -0.4 is 14.7 Å². The van der Waals surface area contributed by atoms with Crippen molar-refractivity contribution in [2.45, 2.75) is 31.7 Å². The molecule has 0 aromatic heterocycles. The van der Waals surface area contributed by atoms with Gasteiger partial charge in [-0.1, -0.05) is 35.3 Å². The van der Waals surface area contributed by atoms with Gasteiger partial charge in [0.2, 0.25) is 0 Å². The number of fused-ring (bicyclic) bond motifs is 1. The number of urea groups is 1. The Labute approximate surface area is 187 Å². The lowest BCUT2D eigenvalue weighted by atomic mass is 9.85. The topological polar surface area (TPSA) is 49.4 Å². The lowest BCUT2D eigenvalue weighted by molar-refractivity contribution is 0.0922. The Hall–Kier alpha value is -2.08. The van der Waals surface area contributed by atoms with E-state index in [1.165, 1.54) is 0 Å². The third-order valence-corrected chi connectivity index (χ3v) is 6.84. The molecule has 1 fully saturated rings. The third-order valence-electron chi connectivity index (χ3n) is 6.28. The summed E-state index contributed by atoms with van der Waals surface area (Å²) in [5, 5.41) is 3.98. The van der Waals surface area contributed by atoms with Gasteiger partial charge in [-0.05, 0) is 55.9 Å². The molecule has 1 aliphatic heterocycles. The van der Waals surface area contributed by atoms with Crippen molar-refractivity contribution >= 4 is 46.5 Å². The minimum atomic E-state index is -0.186. The van der Waals surface area contributed by atoms with E-state index >= 15 is 0 Å². The Balaban J connectivity index is 1.36. The minimum Gasteiger partial charge on any atom is -0.349 e. The van der Waals surface area contributed by atoms with Crippen LogP contribution in [0.5, 0.6) is 0 Å². The number of rotatable bonds is 4. The molecule has 0 atom stereocenters. The van der Waals surface area contributed by atoms with Gasteiger partial charge in [0.25, 0.3) is 5.91 Å². The van der Waals surface area contributed by atoms with Crippen LogP contribution in [0.2, 0.25) is 10.0 Å². The number of hydrogen-bond donors (Lipinski definition) is 1. The summed E-state index contributed by atoms with van der Waals surface area (Å²) in [5.41, 5.74) is 2.46. The highest BCUT2D eigenvalue weighted by atomic mass is 35.5. The van der Waals surface area contributed by atoms with Crippen LogP contribution in [0.3, 0.4) is 0 Å². The maximum absolute atomic E-state index is 13.0. The Bertz CT molecular complexity index is 984. The summed E-state index contributed by atoms with van der Waals surface area (Å²) in [6.07, 6.45) is 3.70. The zero-order valence-electron chi connectivity index (χ0n) is 17.2. The van der Waals surface area contributed by atoms with E-state index in [1.54, 1.807) is 18.2 Å². The van der Waals surface area contributed by atoms with E-state index in [1.807, 2.05) is 43.3 Å². The zero-order chi connectivity index (χ0) is 21.5. The number of nitrogens with one attached hydrogen (secondary N) is 1. The molecule has 0 unspecified atom stereocenters. The first-order chi connectivity index (χ1) is 14.3. The van der Waals surface area contributed by atoms with Gasteiger partial charge in [-0.2, -0.15) is 0 Å². The number of amides is 3. The summed E-state index contributed by atoms with van der Waals surface area (Å²) in [6, 6.07) is 13.2. The molecule has 3 amide bonds. The fourth-order valence-electron chi connectivity index (χ4n) is 4.53. The largest absolute Gasteiger partial charge is 0.428 e. The predicted molar refractivity (Wildman–Crippen MR) is 123 cm³/mol. The molecule has 158 valence electrons. The summed E-state index contributed by atoms with van der Waals surface area (Å²) >= 11 is 12.1. The molecule has 2 aliphatic rings. The van der Waals surface area contributed by atoms with Crippen LogP contribution in [0.15, 0.2) is 42.5 Å². The summed E-state index contributed by atoms with van der Waals surface area (Å²) < 4.78 is 0.252. The lowest BCUT2D eigenvalue weighted by Crippen LogP contribution is -2.50. The molecule has 7 heteroatoms. The van der Waals surface area contributed by atoms with Crippen LogP contribution in [0, 0.1) is 5.92 Å². The van der Waals surface area contributed by atoms with E-state index in [2.05, 4.69) is 5.32 Å². The Kier molecular flexibility index (Phi) is 5.80. The normalized spacial score (nSPS) is 22.7. The van der Waals surface area contributed by atoms with E-state index in [-0.39, 0.29) is 22.5 Å². The summed E-state index contributed by atoms with van der Waals surface area (Å²) in [4.78, 5) is 27.5. The fourth-order valence-corrected chi connectivity index (χ4v) is 4.91. The van der Waals surface area contributed by atoms with Gasteiger partial charge in [-0.3, -0.25) is 9.69 Å². The van der Waals surface area contributed by atoms with Crippen LogP contribution in [-0.2, 0) is 0 Å². The van der Waals surface area contributed by atoms with Gasteiger partial charge < -0.3 is 5.32 Å². The van der Waals surface area contributed by atoms with Crippen LogP contribution >= 0.6 is 23.2 Å². The minimum absolute atomic E-state index is 0.109. The number of para-hydroxylation sites is 2. The second-order valence-corrected chi connectivity index (χ2v) is 9.49. The van der Waals surface area contributed by atoms with Crippen LogP contribution in [0.25, 0.3) is 0 Å². The number of quaternary nitrogens is 1. The summed E-state index contributed by atoms with van der Waals surface area (Å²) in [6.45, 7) is 0.721. The van der Waals surface area contributed by atoms with E-state index < -0.39 is 0 Å². The Morgan fingerprint density at radius 3 is 2.53 bits per heavy atom. The Morgan fingerprint density at radius 2 is 1.80 bits per heavy atom. The van der Waals surface area contributed by atoms with Crippen molar-refractivity contribution < 1.29 is 9.59 Å². The highest BCUT2D eigenvalue weighted by molar-refractivity contribution is 6.35. The smallest absolute Gasteiger partial charge is 0.349 e. The molecule has 2 aromatic carbocycles. The molecular formula is C23H26Cl2N3O2+. The average molecular weight is 447 g/mol. The zero-order valence-corrected chi connectivity index (χ0v) is 18.7. The van der Waals surface area contributed by atoms with Crippen molar-refractivity contribution in [2.24, 2.45) is 5.92 Å². The number of nitrogens with zero attached hydrogens (tertiary/aromatic N) is 2. The second kappa shape index (κ2) is 8.22. The van der Waals surface area contributed by atoms with Gasteiger partial charge in [0.05, 0.1) is 24.7 Å². The fraction of sp³-hybridized carbons (Fsp3) is 0.391. The molecule has 1 saturated carbocycles. The van der Waals surface area contributed by atoms with Crippen LogP contribution in [-0.4, -0.2) is 38.6 Å². The van der Waals surface area contributed by atoms with Crippen molar-refractivity contribution in [3.63, 3.8) is 0 Å². The van der Waals surface area contributed by atoms with Gasteiger partial charge in [0.15, 0.2) is 5.69 Å². The summed E-state index contributed by atoms with van der Waals surface area (Å²) in [7, 11) is 3.88. The number of hydrogen-bond acceptors (Lipinski definition) is 2. The first kappa shape index (κ1) is 21.2. The van der Waals surface area contributed by atoms with Gasteiger partial charge in [-0.25, -0.2) is 9.28 Å². The van der Waals surface area contributed by atoms with Crippen molar-refractivity contribution in [1.29, 1.82) is 0 Å². The molecule has 0 bridgehead atoms. The average Bonchev–Trinajstić information content (AvgIpc) is 2.92. The van der Waals surface area contributed by atoms with Crippen molar-refractivity contribution in [1.82, 2.24) is 9.80 Å². The number of benzene rings is 2. The molecular weight excluding hydrogens is 421 g/mol. The number of carbonyl (C=O) groups is 2. The molecule has 1 N–H and O–H groups in total. The lowest BCUT2D eigenvalue weighted by Gasteiger charge is -2.31. The molecule has 30 heavy (non-hydrogen) atoms. The quantitative estimate of drug-likeness (QED) is 0.631. The molecule has 5 nitrogen and oxygen atoms in total. The third kappa shape index (κ3) is 3.94. The maximum atomic E-state index is 13.0. The van der Waals surface area contributed by atoms with E-state index in [0.717, 1.165) is 43.6 Å². The van der Waals surface area contributed by atoms with Gasteiger partial charge >= 0.3 is 6.03 Å². The number of anilines is 1. The van der Waals surface area contributed by atoms with Crippen molar-refractivity contribution in [3.05, 3.63) is 58.1 Å². The highest BCUT2D eigenvalue weighted by Crippen LogP contribution is 2.41. The maximum Gasteiger partial charge on any atom is 0.428 e. The van der Waals surface area contributed by atoms with Crippen LogP contribution in [0.1, 0.15) is 36.0 Å². The molecule has 0 radical (unpaired) electrons. The van der Waals surface area contributed by atoms with E-state index in [9.17, 15) is 9.59 Å². The molecule has 0 saturated heterocycles. The highest BCUT2D eigenvalue weighted by Gasteiger charge is 2.46. The first-order valence-corrected chi connectivity index (χ1v) is 11.0. The van der Waals surface area contributed by atoms with Crippen LogP contribution in [0.4, 0.5) is 16.2 Å². The van der Waals surface area contributed by atoms with Gasteiger partial charge in [0.1, 0.15) is 5.69 Å². The molecule has 1 aliphatic carbocycles. The monoisotopic (exact) mass is 446 g/mol. The van der Waals surface area contributed by atoms with Crippen molar-refractivity contribution in [3.8, 4) is 0 Å². The van der Waals surface area contributed by atoms with Gasteiger partial charge in [-0.15, -0.1) is 0 Å². The number of halogens is 2. The Morgan fingerprint density at radius 1 is 1.10 bits per heavy atom. The predicted octanol–water partition coefficient (Wildman–Crippen LogP) is 5.49. The molecule has 1 heterocycles. The van der Waals surface area contributed by atoms with E-state index in [4.69, 9.17) is 23.2 Å². The number of carbonyl (C=O) groups excluding carboxylic acids is 2. The standard InChI is InChI=1S/C23H25Cl2N3O2/c1-28(2)21-6-4-3-5-20(21)27(23(28)30)14-15-7-10-17(11-8-15)26-22(29)18-13-16(24)9-12-19(18)25/h3-6,9,12-13,15,17H,7-8,10-11,14H2,1-2H3/p+1. The van der Waals surface area contributed by atoms with E-state index in [0.29, 0.717) is 21.5 Å². The molecule has 4 rings (SSSR count). The van der Waals surface area contributed by atoms with Gasteiger partial charge in [0, 0.05) is 23.7 Å². The molecule has 2 aromatic rings. The second-order valence-electron chi connectivity index (χ2n) is 8.65. The molecule has 0 spiro atoms. The summed E-state index contributed by atoms with van der Waals surface area (Å²) in [5.74, 6) is 0.233. The van der Waals surface area contributed by atoms with Crippen molar-refractivity contribution in [2.75, 3.05) is 25.5 Å². The first-order valence-electron chi connectivity index (χ1n) is 10.3.